The summed E-state index contributed by atoms with van der Waals surface area (Å²) in [6, 6.07) is 0. The summed E-state index contributed by atoms with van der Waals surface area (Å²) in [7, 11) is -9.30. The summed E-state index contributed by atoms with van der Waals surface area (Å²) in [6.45, 7) is -1.01. The number of aromatic amines is 1. The Labute approximate surface area is 279 Å². The number of nitrogens with one attached hydrogen (secondary N) is 2. The van der Waals surface area contributed by atoms with Crippen molar-refractivity contribution in [2.75, 3.05) is 33.2 Å². The van der Waals surface area contributed by atoms with Crippen molar-refractivity contribution in [1.29, 1.82) is 0 Å². The maximum Gasteiger partial charge on any atom is 0.302 e. The van der Waals surface area contributed by atoms with E-state index < -0.39 is 88.7 Å². The molecule has 0 aromatic carbocycles. The number of aliphatic hydroxyl groups excluding tert-OH is 4. The number of ether oxygens (including phenoxy) is 3. The van der Waals surface area contributed by atoms with Crippen LogP contribution in [0, 0.1) is 0 Å². The van der Waals surface area contributed by atoms with Crippen molar-refractivity contribution in [2.24, 2.45) is 10.7 Å². The van der Waals surface area contributed by atoms with Crippen LogP contribution in [0.3, 0.4) is 0 Å². The summed E-state index contributed by atoms with van der Waals surface area (Å²) < 4.78 is 51.0. The molecule has 50 heavy (non-hydrogen) atoms. The van der Waals surface area contributed by atoms with Gasteiger partial charge in [0.2, 0.25) is 5.95 Å². The van der Waals surface area contributed by atoms with Gasteiger partial charge < -0.3 is 80.7 Å². The number of aromatic nitrogens is 4. The van der Waals surface area contributed by atoms with Crippen molar-refractivity contribution in [3.63, 3.8) is 0 Å². The number of H-pyrrole nitrogens is 1. The van der Waals surface area contributed by atoms with Crippen LogP contribution in [-0.2, 0) is 37.2 Å². The van der Waals surface area contributed by atoms with Gasteiger partial charge in [-0.25, -0.2) is 9.87 Å². The number of nitrogen functional groups attached to an aromatic ring is 1. The molecule has 6 rings (SSSR count). The van der Waals surface area contributed by atoms with Gasteiger partial charge in [0.15, 0.2) is 37.2 Å². The van der Waals surface area contributed by atoms with Crippen LogP contribution in [0.2, 0.25) is 0 Å². The molecule has 0 radical (unpaired) electrons. The Hall–Kier alpha value is -3.30. The van der Waals surface area contributed by atoms with Gasteiger partial charge in [-0.2, -0.15) is 9.66 Å². The zero-order valence-corrected chi connectivity index (χ0v) is 27.5. The fraction of sp³-hybridized carbons (Fsp3) is 0.636. The highest BCUT2D eigenvalue weighted by molar-refractivity contribution is 7.62. The van der Waals surface area contributed by atoms with Gasteiger partial charge in [-0.3, -0.25) is 28.2 Å². The minimum absolute atomic E-state index is 0.0753. The van der Waals surface area contributed by atoms with Crippen molar-refractivity contribution < 1.29 is 72.5 Å². The van der Waals surface area contributed by atoms with Crippen LogP contribution in [0.15, 0.2) is 27.6 Å². The van der Waals surface area contributed by atoms with E-state index in [0.29, 0.717) is 0 Å². The maximum absolute atomic E-state index is 12.9. The zero-order chi connectivity index (χ0) is 36.4. The maximum atomic E-state index is 12.9. The first-order valence-electron chi connectivity index (χ1n) is 14.3. The number of anilines is 1. The summed E-state index contributed by atoms with van der Waals surface area (Å²) in [5.41, 5.74) is 10.4. The van der Waals surface area contributed by atoms with E-state index in [1.807, 2.05) is 0 Å². The van der Waals surface area contributed by atoms with Crippen molar-refractivity contribution in [2.45, 2.75) is 61.2 Å². The van der Waals surface area contributed by atoms with E-state index in [0.717, 1.165) is 18.0 Å². The van der Waals surface area contributed by atoms with E-state index in [2.05, 4.69) is 39.1 Å². The lowest BCUT2D eigenvalue weighted by Crippen LogP contribution is -2.49. The van der Waals surface area contributed by atoms with Gasteiger partial charge in [0.05, 0.1) is 18.7 Å². The Morgan fingerprint density at radius 2 is 1.88 bits per heavy atom. The highest BCUT2D eigenvalue weighted by Gasteiger charge is 2.54. The molecule has 26 nitrogen and oxygen atoms in total. The van der Waals surface area contributed by atoms with Crippen LogP contribution >= 0.6 is 15.4 Å². The molecule has 28 heteroatoms. The average Bonchev–Trinajstić information content (AvgIpc) is 3.75. The molecule has 6 unspecified atom stereocenters. The van der Waals surface area contributed by atoms with E-state index >= 15 is 0 Å². The first kappa shape index (κ1) is 36.5. The fourth-order valence-electron chi connectivity index (χ4n) is 5.91. The Bertz CT molecular complexity index is 1840. The van der Waals surface area contributed by atoms with Gasteiger partial charge >= 0.3 is 7.82 Å². The van der Waals surface area contributed by atoms with Crippen molar-refractivity contribution >= 4 is 38.5 Å². The third-order valence-electron chi connectivity index (χ3n) is 8.14. The largest absolute Gasteiger partial charge is 0.830 e. The quantitative estimate of drug-likeness (QED) is 0.0600. The molecule has 0 spiro atoms. The topological polar surface area (TPSA) is 386 Å². The van der Waals surface area contributed by atoms with Gasteiger partial charge in [0.1, 0.15) is 54.9 Å². The SMILES string of the molecule is CO[C@H]1C(O)[C@@H](N2CN(C)C3=C2NC(N)=NC3[O-])O[C@H]1C(O)P(=O)([O-])OP(=O)([O-])OOC[C@H]1O[C@@H](n2cnc3c(=O)[nH]c(N)nc32)[C@@H](O)C1O. The number of nitrogens with two attached hydrogens (primary N) is 2. The van der Waals surface area contributed by atoms with Crippen LogP contribution in [0.5, 0.6) is 0 Å². The van der Waals surface area contributed by atoms with Crippen molar-refractivity contribution in [3.8, 4) is 0 Å². The Morgan fingerprint density at radius 3 is 2.58 bits per heavy atom. The molecule has 278 valence electrons. The molecule has 6 heterocycles. The normalized spacial score (nSPS) is 34.4. The second-order valence-electron chi connectivity index (χ2n) is 11.4. The van der Waals surface area contributed by atoms with Gasteiger partial charge in [0.25, 0.3) is 5.56 Å². The van der Waals surface area contributed by atoms with E-state index in [4.69, 9.17) is 25.7 Å². The summed E-state index contributed by atoms with van der Waals surface area (Å²) >= 11 is 0. The Balaban J connectivity index is 1.08. The number of hydrogen-bond acceptors (Lipinski definition) is 24. The third kappa shape index (κ3) is 6.49. The number of aliphatic hydroxyl groups is 4. The van der Waals surface area contributed by atoms with Crippen molar-refractivity contribution in [3.05, 3.63) is 28.2 Å². The number of aliphatic imine (C=N–C) groups is 1. The molecule has 2 fully saturated rings. The predicted octanol–water partition coefficient (Wildman–Crippen LogP) is -7.29. The van der Waals surface area contributed by atoms with Gasteiger partial charge in [-0.05, 0) is 0 Å². The van der Waals surface area contributed by atoms with Crippen LogP contribution in [0.4, 0.5) is 5.95 Å². The molecule has 2 aromatic heterocycles. The number of imidazole rings is 1. The monoisotopic (exact) mass is 753 g/mol. The molecule has 0 bridgehead atoms. The Morgan fingerprint density at radius 1 is 1.16 bits per heavy atom. The molecule has 4 aliphatic heterocycles. The second-order valence-corrected chi connectivity index (χ2v) is 14.7. The smallest absolute Gasteiger partial charge is 0.302 e. The molecule has 2 saturated heterocycles. The zero-order valence-electron chi connectivity index (χ0n) is 25.7. The summed E-state index contributed by atoms with van der Waals surface area (Å²) in [5.74, 6) is -3.20. The lowest BCUT2D eigenvalue weighted by Gasteiger charge is -2.36. The number of hydrogen-bond donors (Lipinski definition) is 8. The predicted molar refractivity (Wildman–Crippen MR) is 153 cm³/mol. The number of methoxy groups -OCH3 is 1. The average molecular weight is 753 g/mol. The fourth-order valence-corrected chi connectivity index (χ4v) is 8.31. The third-order valence-corrected chi connectivity index (χ3v) is 11.1. The van der Waals surface area contributed by atoms with E-state index in [1.54, 1.807) is 0 Å². The number of rotatable bonds is 11. The lowest BCUT2D eigenvalue weighted by atomic mass is 10.1. The molecule has 2 aromatic rings. The second kappa shape index (κ2) is 13.4. The van der Waals surface area contributed by atoms with Gasteiger partial charge in [-0.15, -0.1) is 0 Å². The standard InChI is InChI=1S/C22H33N10O16P2/c1-30-5-32(15-8(30)17(37)29-22(24)27-15)19-11(35)12(43-2)13(46-19)20(38)49(39,40)48-50(41,42)47-44-3-6-9(33)10(34)18(45-6)31-4-25-7-14(31)26-21(23)28-16(7)36/h4,6,9-13,17-20,33-35,38H,3,5H2,1-2H3,(H,39,40)(H,41,42)(H3,24,27,29)(H3,23,26,28,36)/q-1/p-2/t6-,9?,10+,11?,12+,13-,17?,18-,19+,20?/m1/s1. The highest BCUT2D eigenvalue weighted by Crippen LogP contribution is 2.59. The molecule has 10 N–H and O–H groups in total. The molecule has 12 atom stereocenters. The van der Waals surface area contributed by atoms with E-state index in [1.165, 1.54) is 16.8 Å². The highest BCUT2D eigenvalue weighted by atomic mass is 31.3. The molecular formula is C22H31N10O16P2-3. The molecular weight excluding hydrogens is 722 g/mol. The van der Waals surface area contributed by atoms with Crippen LogP contribution in [0.25, 0.3) is 11.2 Å². The first-order chi connectivity index (χ1) is 23.4. The molecule has 0 amide bonds. The van der Waals surface area contributed by atoms with Crippen LogP contribution < -0.4 is 37.2 Å². The van der Waals surface area contributed by atoms with Gasteiger partial charge in [-0.1, -0.05) is 0 Å². The molecule has 4 aliphatic rings. The first-order valence-corrected chi connectivity index (χ1v) is 17.4. The summed E-state index contributed by atoms with van der Waals surface area (Å²) in [5, 5.41) is 57.8. The van der Waals surface area contributed by atoms with Crippen LogP contribution in [0.1, 0.15) is 6.23 Å². The van der Waals surface area contributed by atoms with E-state index in [9.17, 15) is 49.2 Å². The minimum Gasteiger partial charge on any atom is -0.830 e. The van der Waals surface area contributed by atoms with E-state index in [-0.39, 0.29) is 41.3 Å². The van der Waals surface area contributed by atoms with Crippen LogP contribution in [-0.4, -0.2) is 138 Å². The van der Waals surface area contributed by atoms with Gasteiger partial charge in [0, 0.05) is 20.4 Å². The number of guanidine groups is 1. The molecule has 0 saturated carbocycles. The molecule has 0 aliphatic carbocycles. The number of nitrogens with zero attached hydrogens (tertiary/aromatic N) is 6. The summed E-state index contributed by atoms with van der Waals surface area (Å²) in [6.07, 6.45) is -13.5. The Kier molecular flexibility index (Phi) is 9.74. The minimum atomic E-state index is -5.97. The number of phosphoric acid groups is 1. The number of fused-ring (bicyclic) bond motifs is 1. The summed E-state index contributed by atoms with van der Waals surface area (Å²) in [4.78, 5) is 58.4. The lowest BCUT2D eigenvalue weighted by molar-refractivity contribution is -0.407. The van der Waals surface area contributed by atoms with Crippen molar-refractivity contribution in [1.82, 2.24) is 34.6 Å². The number of likely N-dealkylation sites (N-methyl/N-ethyl adjacent to an activating group) is 1.